The van der Waals surface area contributed by atoms with Crippen molar-refractivity contribution in [1.29, 1.82) is 0 Å². The van der Waals surface area contributed by atoms with E-state index < -0.39 is 24.4 Å². The largest absolute Gasteiger partial charge is 0.405 e. The molecule has 1 heterocycles. The average molecular weight is 288 g/mol. The van der Waals surface area contributed by atoms with Crippen LogP contribution < -0.4 is 5.32 Å². The molecule has 0 fully saturated rings. The molecule has 0 saturated heterocycles. The number of halogens is 4. The van der Waals surface area contributed by atoms with E-state index in [1.807, 2.05) is 0 Å². The van der Waals surface area contributed by atoms with Gasteiger partial charge in [0.1, 0.15) is 12.4 Å². The molecule has 1 aromatic carbocycles. The van der Waals surface area contributed by atoms with Crippen molar-refractivity contribution in [2.75, 3.05) is 6.54 Å². The normalized spacial score (nSPS) is 11.8. The molecule has 0 aliphatic heterocycles. The maximum atomic E-state index is 13.2. The van der Waals surface area contributed by atoms with Gasteiger partial charge in [-0.3, -0.25) is 4.79 Å². The molecule has 1 amide bonds. The molecule has 0 radical (unpaired) electrons. The standard InChI is InChI=1S/C13H12F4N2O/c1-7-9(5-12(20)18-6-13(15,16)17)10-4-8(14)2-3-11(10)19-7/h2-4,19H,5-6H2,1H3,(H,18,20). The Morgan fingerprint density at radius 3 is 2.70 bits per heavy atom. The van der Waals surface area contributed by atoms with Crippen molar-refractivity contribution in [2.24, 2.45) is 0 Å². The van der Waals surface area contributed by atoms with Crippen LogP contribution in [-0.2, 0) is 11.2 Å². The van der Waals surface area contributed by atoms with Crippen LogP contribution in [-0.4, -0.2) is 23.6 Å². The highest BCUT2D eigenvalue weighted by atomic mass is 19.4. The number of aromatic amines is 1. The highest BCUT2D eigenvalue weighted by Gasteiger charge is 2.27. The van der Waals surface area contributed by atoms with Gasteiger partial charge < -0.3 is 10.3 Å². The van der Waals surface area contributed by atoms with Crippen LogP contribution in [0.4, 0.5) is 17.6 Å². The Hall–Kier alpha value is -2.05. The second-order valence-electron chi connectivity index (χ2n) is 4.49. The van der Waals surface area contributed by atoms with Crippen molar-refractivity contribution < 1.29 is 22.4 Å². The van der Waals surface area contributed by atoms with Gasteiger partial charge in [-0.2, -0.15) is 13.2 Å². The van der Waals surface area contributed by atoms with Crippen LogP contribution in [0.1, 0.15) is 11.3 Å². The fourth-order valence-electron chi connectivity index (χ4n) is 2.00. The number of amides is 1. The molecule has 0 saturated carbocycles. The first-order valence-corrected chi connectivity index (χ1v) is 5.86. The highest BCUT2D eigenvalue weighted by molar-refractivity contribution is 5.90. The SMILES string of the molecule is Cc1[nH]c2ccc(F)cc2c1CC(=O)NCC(F)(F)F. The van der Waals surface area contributed by atoms with Crippen LogP contribution in [0.15, 0.2) is 18.2 Å². The number of hydrogen-bond acceptors (Lipinski definition) is 1. The van der Waals surface area contributed by atoms with Gasteiger partial charge in [0.05, 0.1) is 6.42 Å². The number of carbonyl (C=O) groups excluding carboxylic acids is 1. The molecule has 2 aromatic rings. The fraction of sp³-hybridized carbons (Fsp3) is 0.308. The lowest BCUT2D eigenvalue weighted by molar-refractivity contribution is -0.138. The number of hydrogen-bond donors (Lipinski definition) is 2. The summed E-state index contributed by atoms with van der Waals surface area (Å²) in [4.78, 5) is 14.5. The van der Waals surface area contributed by atoms with Gasteiger partial charge >= 0.3 is 6.18 Å². The topological polar surface area (TPSA) is 44.9 Å². The van der Waals surface area contributed by atoms with E-state index in [1.54, 1.807) is 12.2 Å². The third-order valence-corrected chi connectivity index (χ3v) is 2.90. The summed E-state index contributed by atoms with van der Waals surface area (Å²) < 4.78 is 49.2. The molecular formula is C13H12F4N2O. The highest BCUT2D eigenvalue weighted by Crippen LogP contribution is 2.23. The number of aromatic nitrogens is 1. The molecule has 2 rings (SSSR count). The van der Waals surface area contributed by atoms with Crippen LogP contribution in [0.25, 0.3) is 10.9 Å². The second-order valence-corrected chi connectivity index (χ2v) is 4.49. The molecular weight excluding hydrogens is 276 g/mol. The zero-order valence-corrected chi connectivity index (χ0v) is 10.6. The van der Waals surface area contributed by atoms with Gasteiger partial charge in [-0.05, 0) is 30.7 Å². The summed E-state index contributed by atoms with van der Waals surface area (Å²) in [7, 11) is 0. The molecule has 0 spiro atoms. The Labute approximate surface area is 112 Å². The first-order valence-electron chi connectivity index (χ1n) is 5.86. The Kier molecular flexibility index (Phi) is 3.69. The maximum Gasteiger partial charge on any atom is 0.405 e. The summed E-state index contributed by atoms with van der Waals surface area (Å²) in [6, 6.07) is 4.05. The predicted octanol–water partition coefficient (Wildman–Crippen LogP) is 2.84. The first kappa shape index (κ1) is 14.4. The summed E-state index contributed by atoms with van der Waals surface area (Å²) in [5, 5.41) is 2.30. The molecule has 0 atom stereocenters. The van der Waals surface area contributed by atoms with Gasteiger partial charge in [0.2, 0.25) is 5.91 Å². The van der Waals surface area contributed by atoms with Crippen LogP contribution >= 0.6 is 0 Å². The lowest BCUT2D eigenvalue weighted by Gasteiger charge is -2.08. The van der Waals surface area contributed by atoms with Gasteiger partial charge in [-0.25, -0.2) is 4.39 Å². The zero-order chi connectivity index (χ0) is 14.9. The van der Waals surface area contributed by atoms with E-state index in [0.29, 0.717) is 22.2 Å². The number of nitrogens with one attached hydrogen (secondary N) is 2. The van der Waals surface area contributed by atoms with Crippen LogP contribution in [0.5, 0.6) is 0 Å². The van der Waals surface area contributed by atoms with Crippen LogP contribution in [0, 0.1) is 12.7 Å². The van der Waals surface area contributed by atoms with Crippen LogP contribution in [0.2, 0.25) is 0 Å². The zero-order valence-electron chi connectivity index (χ0n) is 10.6. The molecule has 0 aliphatic rings. The van der Waals surface area contributed by atoms with Gasteiger partial charge in [-0.15, -0.1) is 0 Å². The summed E-state index contributed by atoms with van der Waals surface area (Å²) in [6.45, 7) is 0.311. The van der Waals surface area contributed by atoms with Gasteiger partial charge in [0.15, 0.2) is 0 Å². The lowest BCUT2D eigenvalue weighted by atomic mass is 10.1. The van der Waals surface area contributed by atoms with E-state index in [0.717, 1.165) is 0 Å². The number of carbonyl (C=O) groups is 1. The van der Waals surface area contributed by atoms with Crippen molar-refractivity contribution >= 4 is 16.8 Å². The number of rotatable bonds is 3. The monoisotopic (exact) mass is 288 g/mol. The van der Waals surface area contributed by atoms with Crippen molar-refractivity contribution in [3.05, 3.63) is 35.3 Å². The average Bonchev–Trinajstić information content (AvgIpc) is 2.63. The molecule has 0 unspecified atom stereocenters. The minimum Gasteiger partial charge on any atom is -0.358 e. The molecule has 2 N–H and O–H groups in total. The quantitative estimate of drug-likeness (QED) is 0.838. The molecule has 3 nitrogen and oxygen atoms in total. The Morgan fingerprint density at radius 2 is 2.05 bits per heavy atom. The Morgan fingerprint density at radius 1 is 1.35 bits per heavy atom. The molecule has 7 heteroatoms. The van der Waals surface area contributed by atoms with Crippen molar-refractivity contribution in [1.82, 2.24) is 10.3 Å². The Bertz CT molecular complexity index is 646. The van der Waals surface area contributed by atoms with Crippen LogP contribution in [0.3, 0.4) is 0 Å². The summed E-state index contributed by atoms with van der Waals surface area (Å²) in [6.07, 6.45) is -4.68. The minimum atomic E-state index is -4.45. The molecule has 0 bridgehead atoms. The van der Waals surface area contributed by atoms with Crippen molar-refractivity contribution in [3.8, 4) is 0 Å². The number of H-pyrrole nitrogens is 1. The number of aryl methyl sites for hydroxylation is 1. The minimum absolute atomic E-state index is 0.231. The summed E-state index contributed by atoms with van der Waals surface area (Å²) >= 11 is 0. The van der Waals surface area contributed by atoms with Crippen molar-refractivity contribution in [2.45, 2.75) is 19.5 Å². The fourth-order valence-corrected chi connectivity index (χ4v) is 2.00. The second kappa shape index (κ2) is 5.15. The number of benzene rings is 1. The summed E-state index contributed by atoms with van der Waals surface area (Å²) in [5.74, 6) is -1.22. The van der Waals surface area contributed by atoms with E-state index in [2.05, 4.69) is 4.98 Å². The van der Waals surface area contributed by atoms with Crippen molar-refractivity contribution in [3.63, 3.8) is 0 Å². The lowest BCUT2D eigenvalue weighted by Crippen LogP contribution is -2.34. The van der Waals surface area contributed by atoms with E-state index in [1.165, 1.54) is 18.2 Å². The molecule has 1 aromatic heterocycles. The maximum absolute atomic E-state index is 13.2. The van der Waals surface area contributed by atoms with E-state index in [4.69, 9.17) is 0 Å². The third-order valence-electron chi connectivity index (χ3n) is 2.90. The molecule has 0 aliphatic carbocycles. The predicted molar refractivity (Wildman–Crippen MR) is 65.8 cm³/mol. The summed E-state index contributed by atoms with van der Waals surface area (Å²) in [5.41, 5.74) is 1.77. The molecule has 108 valence electrons. The van der Waals surface area contributed by atoms with E-state index in [9.17, 15) is 22.4 Å². The third kappa shape index (κ3) is 3.28. The van der Waals surface area contributed by atoms with E-state index in [-0.39, 0.29) is 6.42 Å². The number of alkyl halides is 3. The van der Waals surface area contributed by atoms with Gasteiger partial charge in [0.25, 0.3) is 0 Å². The molecule has 20 heavy (non-hydrogen) atoms. The van der Waals surface area contributed by atoms with Gasteiger partial charge in [-0.1, -0.05) is 0 Å². The van der Waals surface area contributed by atoms with Gasteiger partial charge in [0, 0.05) is 16.6 Å². The Balaban J connectivity index is 2.19. The van der Waals surface area contributed by atoms with E-state index >= 15 is 0 Å². The first-order chi connectivity index (χ1) is 9.26. The smallest absolute Gasteiger partial charge is 0.358 e. The number of fused-ring (bicyclic) bond motifs is 1.